The molecule has 0 bridgehead atoms. The summed E-state index contributed by atoms with van der Waals surface area (Å²) in [6, 6.07) is 14.5. The van der Waals surface area contributed by atoms with Crippen molar-refractivity contribution in [2.24, 2.45) is 10.3 Å². The van der Waals surface area contributed by atoms with Crippen LogP contribution in [-0.2, 0) is 14.8 Å². The monoisotopic (exact) mass is 399 g/mol. The molecule has 7 heteroatoms. The highest BCUT2D eigenvalue weighted by Gasteiger charge is 2.25. The first-order valence-corrected chi connectivity index (χ1v) is 10.8. The van der Waals surface area contributed by atoms with Gasteiger partial charge in [0.2, 0.25) is 5.91 Å². The van der Waals surface area contributed by atoms with Gasteiger partial charge in [-0.15, -0.1) is 4.40 Å². The molecule has 1 amide bonds. The van der Waals surface area contributed by atoms with Gasteiger partial charge in [-0.05, 0) is 41.7 Å². The number of hydrogen-bond acceptors (Lipinski definition) is 4. The summed E-state index contributed by atoms with van der Waals surface area (Å²) < 4.78 is 28.5. The summed E-state index contributed by atoms with van der Waals surface area (Å²) in [4.78, 5) is 12.5. The van der Waals surface area contributed by atoms with Crippen molar-refractivity contribution in [3.05, 3.63) is 54.1 Å². The number of sulfonamides is 1. The molecule has 1 aliphatic heterocycles. The molecule has 1 unspecified atom stereocenters. The van der Waals surface area contributed by atoms with E-state index in [1.165, 1.54) is 11.6 Å². The molecular weight excluding hydrogens is 374 g/mol. The van der Waals surface area contributed by atoms with Crippen LogP contribution < -0.4 is 10.6 Å². The summed E-state index contributed by atoms with van der Waals surface area (Å²) in [7, 11) is -3.70. The van der Waals surface area contributed by atoms with Crippen LogP contribution in [-0.4, -0.2) is 20.2 Å². The quantitative estimate of drug-likeness (QED) is 0.755. The highest BCUT2D eigenvalue weighted by Crippen LogP contribution is 2.28. The Morgan fingerprint density at radius 1 is 1.07 bits per heavy atom. The molecule has 1 atom stereocenters. The second-order valence-corrected chi connectivity index (χ2v) is 9.05. The van der Waals surface area contributed by atoms with Crippen molar-refractivity contribution in [3.8, 4) is 0 Å². The number of amides is 1. The molecule has 2 N–H and O–H groups in total. The number of hydrogen-bond donors (Lipinski definition) is 2. The molecule has 1 aliphatic rings. The maximum Gasteiger partial charge on any atom is 0.286 e. The lowest BCUT2D eigenvalue weighted by molar-refractivity contribution is -0.116. The molecule has 148 valence electrons. The summed E-state index contributed by atoms with van der Waals surface area (Å²) >= 11 is 0. The van der Waals surface area contributed by atoms with Gasteiger partial charge >= 0.3 is 0 Å². The number of carbonyl (C=O) groups excluding carboxylic acids is 1. The fraction of sp³-hybridized carbons (Fsp3) is 0.333. The number of benzene rings is 2. The molecule has 0 aromatic heterocycles. The predicted octanol–water partition coefficient (Wildman–Crippen LogP) is 4.38. The van der Waals surface area contributed by atoms with Gasteiger partial charge in [0.15, 0.2) is 0 Å². The van der Waals surface area contributed by atoms with Gasteiger partial charge < -0.3 is 10.6 Å². The minimum atomic E-state index is -3.70. The van der Waals surface area contributed by atoms with Crippen LogP contribution in [0.2, 0.25) is 0 Å². The van der Waals surface area contributed by atoms with Gasteiger partial charge in [0, 0.05) is 18.5 Å². The minimum absolute atomic E-state index is 0.0679. The number of para-hydroxylation sites is 1. The average molecular weight is 400 g/mol. The van der Waals surface area contributed by atoms with Gasteiger partial charge in [0.05, 0.1) is 5.69 Å². The first-order valence-electron chi connectivity index (χ1n) is 9.34. The Balaban J connectivity index is 1.59. The van der Waals surface area contributed by atoms with Gasteiger partial charge in [0.25, 0.3) is 10.0 Å². The molecular formula is C21H25N3O3S. The fourth-order valence-corrected chi connectivity index (χ4v) is 4.29. The van der Waals surface area contributed by atoms with E-state index in [-0.39, 0.29) is 23.1 Å². The zero-order chi connectivity index (χ0) is 20.3. The van der Waals surface area contributed by atoms with Gasteiger partial charge in [-0.25, -0.2) is 0 Å². The van der Waals surface area contributed by atoms with Gasteiger partial charge in [0.1, 0.15) is 10.7 Å². The summed E-state index contributed by atoms with van der Waals surface area (Å²) in [6.45, 7) is 6.14. The third-order valence-electron chi connectivity index (χ3n) is 4.61. The molecule has 3 rings (SSSR count). The van der Waals surface area contributed by atoms with Crippen molar-refractivity contribution in [1.29, 1.82) is 0 Å². The van der Waals surface area contributed by atoms with E-state index in [9.17, 15) is 13.2 Å². The molecule has 0 spiro atoms. The van der Waals surface area contributed by atoms with Crippen LogP contribution in [0.25, 0.3) is 0 Å². The zero-order valence-corrected chi connectivity index (χ0v) is 17.1. The summed E-state index contributed by atoms with van der Waals surface area (Å²) in [5, 5.41) is 5.95. The Morgan fingerprint density at radius 2 is 1.75 bits per heavy atom. The van der Waals surface area contributed by atoms with Crippen LogP contribution in [0, 0.1) is 5.92 Å². The lowest BCUT2D eigenvalue weighted by atomic mass is 10.0. The summed E-state index contributed by atoms with van der Waals surface area (Å²) in [5.74, 6) is 0.626. The first kappa shape index (κ1) is 20.1. The largest absolute Gasteiger partial charge is 0.342 e. The molecule has 1 heterocycles. The van der Waals surface area contributed by atoms with Gasteiger partial charge in [-0.1, -0.05) is 45.0 Å². The molecule has 2 aromatic carbocycles. The van der Waals surface area contributed by atoms with Gasteiger partial charge in [-0.2, -0.15) is 8.42 Å². The van der Waals surface area contributed by atoms with E-state index >= 15 is 0 Å². The molecule has 0 saturated heterocycles. The van der Waals surface area contributed by atoms with E-state index < -0.39 is 10.0 Å². The van der Waals surface area contributed by atoms with Gasteiger partial charge in [-0.3, -0.25) is 4.79 Å². The lowest BCUT2D eigenvalue weighted by Crippen LogP contribution is -2.25. The Kier molecular flexibility index (Phi) is 5.84. The third kappa shape index (κ3) is 4.78. The average Bonchev–Trinajstić information content (AvgIpc) is 2.61. The molecule has 0 aliphatic carbocycles. The van der Waals surface area contributed by atoms with E-state index in [0.717, 1.165) is 5.69 Å². The minimum Gasteiger partial charge on any atom is -0.342 e. The predicted molar refractivity (Wildman–Crippen MR) is 112 cm³/mol. The Morgan fingerprint density at radius 3 is 2.43 bits per heavy atom. The third-order valence-corrected chi connectivity index (χ3v) is 5.98. The van der Waals surface area contributed by atoms with Crippen molar-refractivity contribution in [1.82, 2.24) is 0 Å². The summed E-state index contributed by atoms with van der Waals surface area (Å²) in [5.41, 5.74) is 2.50. The van der Waals surface area contributed by atoms with Crippen molar-refractivity contribution < 1.29 is 13.2 Å². The number of rotatable bonds is 6. The highest BCUT2D eigenvalue weighted by atomic mass is 32.2. The van der Waals surface area contributed by atoms with Crippen LogP contribution in [0.15, 0.2) is 57.8 Å². The Bertz CT molecular complexity index is 996. The Labute approximate surface area is 166 Å². The first-order chi connectivity index (χ1) is 13.2. The lowest BCUT2D eigenvalue weighted by Gasteiger charge is -2.20. The number of anilines is 2. The molecule has 28 heavy (non-hydrogen) atoms. The number of nitrogens with one attached hydrogen (secondary N) is 2. The smallest absolute Gasteiger partial charge is 0.286 e. The fourth-order valence-electron chi connectivity index (χ4n) is 3.14. The van der Waals surface area contributed by atoms with Crippen LogP contribution >= 0.6 is 0 Å². The molecule has 0 fully saturated rings. The van der Waals surface area contributed by atoms with E-state index in [1.54, 1.807) is 18.2 Å². The van der Waals surface area contributed by atoms with Crippen molar-refractivity contribution in [3.63, 3.8) is 0 Å². The van der Waals surface area contributed by atoms with Crippen molar-refractivity contribution in [2.45, 2.75) is 44.4 Å². The van der Waals surface area contributed by atoms with Crippen LogP contribution in [0.5, 0.6) is 0 Å². The van der Waals surface area contributed by atoms with E-state index in [4.69, 9.17) is 0 Å². The number of amidine groups is 1. The second-order valence-electron chi connectivity index (χ2n) is 7.47. The SMILES string of the molecule is CC(CC(=O)Nc1ccc(C(C)C)cc1)CC1=NS(=O)(=O)c2ccccc2N1. The van der Waals surface area contributed by atoms with Crippen molar-refractivity contribution in [2.75, 3.05) is 10.6 Å². The number of carbonyl (C=O) groups is 1. The normalized spacial score (nSPS) is 15.9. The summed E-state index contributed by atoms with van der Waals surface area (Å²) in [6.07, 6.45) is 0.640. The van der Waals surface area contributed by atoms with Crippen LogP contribution in [0.3, 0.4) is 0 Å². The number of fused-ring (bicyclic) bond motifs is 1. The zero-order valence-electron chi connectivity index (χ0n) is 16.3. The highest BCUT2D eigenvalue weighted by molar-refractivity contribution is 7.90. The standard InChI is InChI=1S/C21H25N3O3S/c1-14(2)16-8-10-17(11-9-16)22-21(25)13-15(3)12-20-23-18-6-4-5-7-19(18)28(26,27)24-20/h4-11,14-15H,12-13H2,1-3H3,(H,22,25)(H,23,24). The maximum absolute atomic E-state index is 12.3. The second kappa shape index (κ2) is 8.14. The molecule has 6 nitrogen and oxygen atoms in total. The molecule has 2 aromatic rings. The molecule has 0 saturated carbocycles. The Hall–Kier alpha value is -2.67. The topological polar surface area (TPSA) is 87.6 Å². The molecule has 0 radical (unpaired) electrons. The van der Waals surface area contributed by atoms with E-state index in [2.05, 4.69) is 28.9 Å². The maximum atomic E-state index is 12.3. The van der Waals surface area contributed by atoms with E-state index in [1.807, 2.05) is 31.2 Å². The number of nitrogens with zero attached hydrogens (tertiary/aromatic N) is 1. The van der Waals surface area contributed by atoms with Crippen LogP contribution in [0.1, 0.15) is 45.1 Å². The van der Waals surface area contributed by atoms with Crippen LogP contribution in [0.4, 0.5) is 11.4 Å². The van der Waals surface area contributed by atoms with E-state index in [0.29, 0.717) is 23.9 Å². The van der Waals surface area contributed by atoms with Crippen molar-refractivity contribution >= 4 is 33.1 Å².